The lowest BCUT2D eigenvalue weighted by atomic mass is 9.76. The molecule has 0 radical (unpaired) electrons. The smallest absolute Gasteiger partial charge is 0.335 e. The average molecular weight is 456 g/mol. The first-order valence-electron chi connectivity index (χ1n) is 11.6. The van der Waals surface area contributed by atoms with Crippen LogP contribution in [0.2, 0.25) is 0 Å². The number of benzene rings is 1. The van der Waals surface area contributed by atoms with Crippen LogP contribution in [0, 0.1) is 5.41 Å². The van der Waals surface area contributed by atoms with Crippen LogP contribution in [-0.4, -0.2) is 52.8 Å². The minimum absolute atomic E-state index is 0.0170. The van der Waals surface area contributed by atoms with Crippen LogP contribution < -0.4 is 14.8 Å². The fraction of sp³-hybridized carbons (Fsp3) is 0.542. The Labute approximate surface area is 192 Å². The van der Waals surface area contributed by atoms with E-state index in [1.165, 1.54) is 12.1 Å². The van der Waals surface area contributed by atoms with E-state index in [2.05, 4.69) is 5.32 Å². The van der Waals surface area contributed by atoms with Crippen molar-refractivity contribution >= 4 is 11.9 Å². The van der Waals surface area contributed by atoms with Gasteiger partial charge < -0.3 is 24.6 Å². The van der Waals surface area contributed by atoms with Crippen LogP contribution in [0.3, 0.4) is 0 Å². The minimum Gasteiger partial charge on any atom is -0.478 e. The van der Waals surface area contributed by atoms with Gasteiger partial charge in [-0.3, -0.25) is 9.48 Å². The number of aromatic nitrogens is 2. The number of ether oxygens (including phenoxy) is 3. The number of carbonyl (C=O) groups is 2. The Balaban J connectivity index is 1.29. The van der Waals surface area contributed by atoms with Gasteiger partial charge in [0.05, 0.1) is 22.5 Å². The van der Waals surface area contributed by atoms with E-state index < -0.39 is 12.3 Å². The van der Waals surface area contributed by atoms with E-state index >= 15 is 0 Å². The van der Waals surface area contributed by atoms with Crippen LogP contribution in [0.1, 0.15) is 64.7 Å². The first-order valence-corrected chi connectivity index (χ1v) is 11.6. The van der Waals surface area contributed by atoms with Crippen LogP contribution >= 0.6 is 0 Å². The molecule has 33 heavy (non-hydrogen) atoms. The fourth-order valence-corrected chi connectivity index (χ4v) is 5.02. The zero-order chi connectivity index (χ0) is 23.0. The standard InChI is InChI=1S/C24H29N3O6/c1-2-16-21-17(13-24(14-25-22(21)28)7-10-31-11-8-24)27(26-16)9-3-4-20-32-18-6-5-15(23(29)30)12-19(18)33-20/h5-6,12,20H,2-4,7-11,13-14H2,1H3,(H,25,28)(H,29,30). The van der Waals surface area contributed by atoms with Crippen molar-refractivity contribution in [3.63, 3.8) is 0 Å². The van der Waals surface area contributed by atoms with Gasteiger partial charge in [0.25, 0.3) is 5.91 Å². The van der Waals surface area contributed by atoms with E-state index in [9.17, 15) is 9.59 Å². The molecule has 1 saturated heterocycles. The van der Waals surface area contributed by atoms with Crippen molar-refractivity contribution in [2.24, 2.45) is 5.41 Å². The maximum Gasteiger partial charge on any atom is 0.335 e. The average Bonchev–Trinajstić information content (AvgIpc) is 3.34. The number of nitrogens with zero attached hydrogens (tertiary/aromatic N) is 2. The Hall–Kier alpha value is -3.07. The molecule has 1 fully saturated rings. The number of carboxylic acid groups (broad SMARTS) is 1. The molecule has 1 aromatic carbocycles. The number of fused-ring (bicyclic) bond motifs is 2. The van der Waals surface area contributed by atoms with Crippen LogP contribution in [0.15, 0.2) is 18.2 Å². The number of hydrogen-bond acceptors (Lipinski definition) is 6. The number of carboxylic acids is 1. The maximum absolute atomic E-state index is 12.9. The third kappa shape index (κ3) is 4.17. The molecule has 9 nitrogen and oxygen atoms in total. The summed E-state index contributed by atoms with van der Waals surface area (Å²) in [5.41, 5.74) is 2.79. The highest BCUT2D eigenvalue weighted by molar-refractivity contribution is 5.97. The molecule has 0 bridgehead atoms. The summed E-state index contributed by atoms with van der Waals surface area (Å²) < 4.78 is 19.2. The predicted octanol–water partition coefficient (Wildman–Crippen LogP) is 2.80. The molecule has 9 heteroatoms. The first-order chi connectivity index (χ1) is 16.0. The van der Waals surface area contributed by atoms with Crippen molar-refractivity contribution in [1.29, 1.82) is 0 Å². The van der Waals surface area contributed by atoms with Crippen molar-refractivity contribution in [3.8, 4) is 11.5 Å². The number of aryl methyl sites for hydroxylation is 2. The fourth-order valence-electron chi connectivity index (χ4n) is 5.02. The molecule has 1 aromatic heterocycles. The lowest BCUT2D eigenvalue weighted by Crippen LogP contribution is -2.40. The topological polar surface area (TPSA) is 112 Å². The summed E-state index contributed by atoms with van der Waals surface area (Å²) in [5, 5.41) is 17.1. The Morgan fingerprint density at radius 1 is 1.27 bits per heavy atom. The van der Waals surface area contributed by atoms with Gasteiger partial charge >= 0.3 is 5.97 Å². The molecule has 3 aliphatic rings. The molecule has 3 aliphatic heterocycles. The number of hydrogen-bond donors (Lipinski definition) is 2. The van der Waals surface area contributed by atoms with E-state index in [0.29, 0.717) is 37.4 Å². The van der Waals surface area contributed by atoms with E-state index in [0.717, 1.165) is 55.8 Å². The Morgan fingerprint density at radius 3 is 2.82 bits per heavy atom. The summed E-state index contributed by atoms with van der Waals surface area (Å²) in [6.07, 6.45) is 4.29. The van der Waals surface area contributed by atoms with Crippen molar-refractivity contribution in [2.45, 2.75) is 58.3 Å². The highest BCUT2D eigenvalue weighted by Crippen LogP contribution is 2.38. The maximum atomic E-state index is 12.9. The summed E-state index contributed by atoms with van der Waals surface area (Å²) in [7, 11) is 0. The van der Waals surface area contributed by atoms with Crippen LogP contribution in [0.5, 0.6) is 11.5 Å². The highest BCUT2D eigenvalue weighted by atomic mass is 16.7. The zero-order valence-corrected chi connectivity index (χ0v) is 18.8. The Kier molecular flexibility index (Phi) is 5.74. The van der Waals surface area contributed by atoms with Gasteiger partial charge in [0, 0.05) is 32.7 Å². The van der Waals surface area contributed by atoms with Crippen LogP contribution in [0.4, 0.5) is 0 Å². The second kappa shape index (κ2) is 8.70. The van der Waals surface area contributed by atoms with Gasteiger partial charge in [0.1, 0.15) is 0 Å². The van der Waals surface area contributed by atoms with Crippen molar-refractivity contribution in [1.82, 2.24) is 15.1 Å². The van der Waals surface area contributed by atoms with Crippen molar-refractivity contribution < 1.29 is 28.9 Å². The molecular weight excluding hydrogens is 426 g/mol. The zero-order valence-electron chi connectivity index (χ0n) is 18.8. The van der Waals surface area contributed by atoms with Gasteiger partial charge in [-0.05, 0) is 55.7 Å². The Morgan fingerprint density at radius 2 is 2.06 bits per heavy atom. The summed E-state index contributed by atoms with van der Waals surface area (Å²) in [5.74, 6) is -0.00508. The molecule has 1 spiro atoms. The Bertz CT molecular complexity index is 1070. The molecule has 2 N–H and O–H groups in total. The van der Waals surface area contributed by atoms with Gasteiger partial charge in [-0.1, -0.05) is 6.92 Å². The van der Waals surface area contributed by atoms with Gasteiger partial charge in [-0.25, -0.2) is 4.79 Å². The number of carbonyl (C=O) groups excluding carboxylic acids is 1. The minimum atomic E-state index is -0.998. The van der Waals surface area contributed by atoms with Gasteiger partial charge in [0.15, 0.2) is 11.5 Å². The van der Waals surface area contributed by atoms with E-state index in [1.54, 1.807) is 6.07 Å². The largest absolute Gasteiger partial charge is 0.478 e. The number of nitrogens with one attached hydrogen (secondary N) is 1. The predicted molar refractivity (Wildman–Crippen MR) is 118 cm³/mol. The van der Waals surface area contributed by atoms with E-state index in [4.69, 9.17) is 24.4 Å². The molecular formula is C24H29N3O6. The molecule has 5 rings (SSSR count). The third-order valence-corrected chi connectivity index (χ3v) is 6.93. The molecule has 0 saturated carbocycles. The summed E-state index contributed by atoms with van der Waals surface area (Å²) in [6, 6.07) is 4.63. The summed E-state index contributed by atoms with van der Waals surface area (Å²) in [4.78, 5) is 24.1. The van der Waals surface area contributed by atoms with Crippen LogP contribution in [0.25, 0.3) is 0 Å². The molecule has 0 aliphatic carbocycles. The van der Waals surface area contributed by atoms with Gasteiger partial charge in [-0.2, -0.15) is 5.10 Å². The number of aromatic carboxylic acids is 1. The molecule has 176 valence electrons. The van der Waals surface area contributed by atoms with Gasteiger partial charge in [0.2, 0.25) is 6.29 Å². The lowest BCUT2D eigenvalue weighted by molar-refractivity contribution is 0.0151. The second-order valence-electron chi connectivity index (χ2n) is 9.09. The molecule has 1 unspecified atom stereocenters. The SMILES string of the molecule is CCc1nn(CCCC2Oc3ccc(C(=O)O)cc3O2)c2c1C(=O)NCC1(CCOCC1)C2. The first kappa shape index (κ1) is 21.8. The molecule has 4 heterocycles. The quantitative estimate of drug-likeness (QED) is 0.689. The van der Waals surface area contributed by atoms with Gasteiger partial charge in [-0.15, -0.1) is 0 Å². The van der Waals surface area contributed by atoms with E-state index in [1.807, 2.05) is 11.6 Å². The molecule has 1 amide bonds. The summed E-state index contributed by atoms with van der Waals surface area (Å²) >= 11 is 0. The normalized spacial score (nSPS) is 20.9. The van der Waals surface area contributed by atoms with Crippen LogP contribution in [-0.2, 0) is 24.1 Å². The van der Waals surface area contributed by atoms with E-state index in [-0.39, 0.29) is 16.9 Å². The van der Waals surface area contributed by atoms with Crippen molar-refractivity contribution in [3.05, 3.63) is 40.7 Å². The third-order valence-electron chi connectivity index (χ3n) is 6.93. The van der Waals surface area contributed by atoms with Crippen molar-refractivity contribution in [2.75, 3.05) is 19.8 Å². The monoisotopic (exact) mass is 455 g/mol. The molecule has 1 atom stereocenters. The second-order valence-corrected chi connectivity index (χ2v) is 9.09. The highest BCUT2D eigenvalue weighted by Gasteiger charge is 2.39. The summed E-state index contributed by atoms with van der Waals surface area (Å²) in [6.45, 7) is 4.80. The lowest BCUT2D eigenvalue weighted by Gasteiger charge is -2.36. The number of amides is 1. The molecule has 2 aromatic rings. The number of rotatable bonds is 6.